The van der Waals surface area contributed by atoms with Crippen LogP contribution < -0.4 is 40.2 Å². The minimum atomic E-state index is -3.54. The summed E-state index contributed by atoms with van der Waals surface area (Å²) in [5.74, 6) is -8.68. The van der Waals surface area contributed by atoms with Crippen LogP contribution >= 0.6 is 34.8 Å². The molecule has 4 aliphatic carbocycles. The highest BCUT2D eigenvalue weighted by Gasteiger charge is 2.38. The Bertz CT molecular complexity index is 4480. The molecule has 37 heteroatoms. The lowest BCUT2D eigenvalue weighted by Crippen LogP contribution is -2.20. The molecule has 4 heterocycles. The lowest BCUT2D eigenvalue weighted by atomic mass is 10.2. The zero-order valence-electron chi connectivity index (χ0n) is 49.5. The molecule has 4 amide bonds. The molecule has 0 atom stereocenters. The summed E-state index contributed by atoms with van der Waals surface area (Å²) in [6, 6.07) is 23.7. The highest BCUT2D eigenvalue weighted by molar-refractivity contribution is 7.94. The Morgan fingerprint density at radius 1 is 0.371 bits per heavy atom. The summed E-state index contributed by atoms with van der Waals surface area (Å²) >= 11 is 17.0. The van der Waals surface area contributed by atoms with Gasteiger partial charge in [-0.2, -0.15) is 0 Å². The molecule has 0 aliphatic heterocycles. The summed E-state index contributed by atoms with van der Waals surface area (Å²) in [6.45, 7) is 0. The van der Waals surface area contributed by atoms with E-state index in [9.17, 15) is 79.2 Å². The summed E-state index contributed by atoms with van der Waals surface area (Å²) < 4.78 is 183. The van der Waals surface area contributed by atoms with Crippen molar-refractivity contribution in [3.8, 4) is 0 Å². The van der Waals surface area contributed by atoms with Crippen molar-refractivity contribution in [1.82, 2.24) is 19.9 Å². The van der Waals surface area contributed by atoms with Gasteiger partial charge in [0.15, 0.2) is 17.5 Å². The molecule has 24 nitrogen and oxygen atoms in total. The van der Waals surface area contributed by atoms with Gasteiger partial charge in [0, 0.05) is 59.0 Å². The quantitative estimate of drug-likeness (QED) is 0.0260. The molecule has 0 spiro atoms. The molecule has 4 fully saturated rings. The fourth-order valence-electron chi connectivity index (χ4n) is 8.10. The Balaban J connectivity index is 0.000000152. The fourth-order valence-corrected chi connectivity index (χ4v) is 14.0. The lowest BCUT2D eigenvalue weighted by Gasteiger charge is -2.09. The molecule has 4 aliphatic rings. The molecule has 8 N–H and O–H groups in total. The number of hydrogen-bond acceptors (Lipinski definition) is 16. The van der Waals surface area contributed by atoms with Crippen molar-refractivity contribution in [3.63, 3.8) is 0 Å². The van der Waals surface area contributed by atoms with Crippen molar-refractivity contribution in [2.45, 2.75) is 72.4 Å². The van der Waals surface area contributed by atoms with Gasteiger partial charge in [0.2, 0.25) is 40.1 Å². The fraction of sp³-hybridized carbons (Fsp3) is 0.200. The summed E-state index contributed by atoms with van der Waals surface area (Å²) in [6.07, 6.45) is 10.1. The van der Waals surface area contributed by atoms with E-state index in [1.165, 1.54) is 110 Å². The molecule has 97 heavy (non-hydrogen) atoms. The van der Waals surface area contributed by atoms with Crippen LogP contribution in [0.25, 0.3) is 0 Å². The number of pyridine rings is 4. The number of aromatic nitrogens is 4. The molecular formula is C60H51Cl3F6N12O12S4. The number of carbonyl (C=O) groups excluding carboxylic acids is 4. The summed E-state index contributed by atoms with van der Waals surface area (Å²) in [7, 11) is -13.9. The Labute approximate surface area is 565 Å². The van der Waals surface area contributed by atoms with Gasteiger partial charge in [-0.3, -0.25) is 48.0 Å². The predicted octanol–water partition coefficient (Wildman–Crippen LogP) is 11.7. The third-order valence-corrected chi connectivity index (χ3v) is 21.9. The van der Waals surface area contributed by atoms with Gasteiger partial charge in [-0.15, -0.1) is 0 Å². The van der Waals surface area contributed by atoms with Crippen LogP contribution in [-0.4, -0.2) is 98.2 Å². The summed E-state index contributed by atoms with van der Waals surface area (Å²) in [5.41, 5.74) is 1.33. The Kier molecular flexibility index (Phi) is 22.7. The van der Waals surface area contributed by atoms with Crippen LogP contribution in [-0.2, 0) is 40.1 Å². The maximum absolute atomic E-state index is 13.2. The second-order valence-electron chi connectivity index (χ2n) is 21.6. The second-order valence-corrected chi connectivity index (χ2v) is 30.6. The summed E-state index contributed by atoms with van der Waals surface area (Å²) in [5, 5.41) is 7.84. The van der Waals surface area contributed by atoms with Gasteiger partial charge >= 0.3 is 0 Å². The number of nitrogens with one attached hydrogen (secondary N) is 8. The van der Waals surface area contributed by atoms with Crippen molar-refractivity contribution in [2.24, 2.45) is 0 Å². The van der Waals surface area contributed by atoms with Crippen molar-refractivity contribution < 1.29 is 79.2 Å². The number of halogens is 9. The van der Waals surface area contributed by atoms with Gasteiger partial charge in [0.05, 0.1) is 59.2 Å². The van der Waals surface area contributed by atoms with Crippen molar-refractivity contribution in [1.29, 1.82) is 0 Å². The van der Waals surface area contributed by atoms with Crippen LogP contribution in [0.15, 0.2) is 140 Å². The smallest absolute Gasteiger partial charge is 0.274 e. The predicted molar refractivity (Wildman–Crippen MR) is 352 cm³/mol. The molecular weight excluding hydrogens is 1430 g/mol. The molecule has 0 bridgehead atoms. The van der Waals surface area contributed by atoms with E-state index in [-0.39, 0.29) is 76.8 Å². The van der Waals surface area contributed by atoms with Crippen molar-refractivity contribution >= 4 is 144 Å². The van der Waals surface area contributed by atoms with Gasteiger partial charge in [-0.05, 0) is 148 Å². The van der Waals surface area contributed by atoms with Crippen LogP contribution in [0.2, 0.25) is 15.1 Å². The van der Waals surface area contributed by atoms with E-state index in [2.05, 4.69) is 60.1 Å². The van der Waals surface area contributed by atoms with Gasteiger partial charge in [-0.1, -0.05) is 40.9 Å². The largest absolute Gasteiger partial charge is 0.322 e. The van der Waals surface area contributed by atoms with E-state index in [1.54, 1.807) is 0 Å². The lowest BCUT2D eigenvalue weighted by molar-refractivity contribution is 0.101. The SMILES string of the molecule is O=C(Nc1cc(F)c(F)c(F)c1)c1ccnc(NS(=O)(=O)C2CC2)c1.O=C(Nc1ccc(F)c(Cl)c1)c1cc(NS(=O)(=O)C2CC2)ccn1.O=C(Nc1ccc(F)c(Cl)c1)c1cccc(NS(=O)(=O)C2CC2)n1.O=C(Nc1ccc(F)c(Cl)c1)c1cncc(NS(=O)(=O)C2CC2)c1. The first-order valence-corrected chi connectivity index (χ1v) is 35.8. The molecule has 0 radical (unpaired) electrons. The zero-order valence-corrected chi connectivity index (χ0v) is 55.0. The monoisotopic (exact) mass is 1480 g/mol. The van der Waals surface area contributed by atoms with Gasteiger partial charge < -0.3 is 21.3 Å². The van der Waals surface area contributed by atoms with Crippen molar-refractivity contribution in [2.75, 3.05) is 40.2 Å². The number of anilines is 8. The minimum absolute atomic E-state index is 0.00800. The summed E-state index contributed by atoms with van der Waals surface area (Å²) in [4.78, 5) is 64.3. The first kappa shape index (κ1) is 72.1. The second kappa shape index (κ2) is 30.5. The third kappa shape index (κ3) is 20.7. The highest BCUT2D eigenvalue weighted by Crippen LogP contribution is 2.33. The van der Waals surface area contributed by atoms with E-state index in [0.717, 1.165) is 18.2 Å². The number of rotatable bonds is 20. The number of amides is 4. The topological polar surface area (TPSA) is 353 Å². The average molecular weight is 1480 g/mol. The normalized spacial score (nSPS) is 14.2. The third-order valence-electron chi connectivity index (χ3n) is 13.6. The Hall–Kier alpha value is -9.19. The van der Waals surface area contributed by atoms with E-state index in [1.807, 2.05) is 0 Å². The molecule has 0 saturated heterocycles. The minimum Gasteiger partial charge on any atom is -0.322 e. The number of sulfonamides is 4. The average Bonchev–Trinajstić information content (AvgIpc) is 1.78. The maximum Gasteiger partial charge on any atom is 0.274 e. The van der Waals surface area contributed by atoms with Gasteiger partial charge in [0.1, 0.15) is 40.5 Å². The Morgan fingerprint density at radius 2 is 0.794 bits per heavy atom. The molecule has 4 saturated carbocycles. The molecule has 510 valence electrons. The van der Waals surface area contributed by atoms with Crippen LogP contribution in [0.3, 0.4) is 0 Å². The number of hydrogen-bond donors (Lipinski definition) is 8. The standard InChI is InChI=1S/3C15H13ClFN3O3S.C15H12F3N3O3S/c16-13-6-10(1-4-14(13)17)19-15(21)9-5-11(8-18-7-9)20-24(22,23)12-2-3-12;16-12-7-9(1-4-13(12)17)19-15(21)14-8-10(5-6-18-14)20-24(22,23)11-2-3-11;16-11-8-9(4-7-12(11)17)18-15(21)13-2-1-3-14(19-13)20-24(22,23)10-5-6-10;16-11-6-9(7-12(17)14(11)18)20-15(22)8-3-4-19-13(5-8)21-25(23,24)10-1-2-10/h1,4-8,12,20H,2-3H2,(H,19,21);1,4-8,11H,2-3H2,(H,18,20)(H,19,21);1-4,7-8,10H,5-6H2,(H,18,21)(H,19,20);3-7,10H,1-2H2,(H,19,21)(H,20,22). The van der Waals surface area contributed by atoms with Crippen molar-refractivity contribution in [3.05, 3.63) is 213 Å². The number of benzene rings is 4. The van der Waals surface area contributed by atoms with Crippen LogP contribution in [0.5, 0.6) is 0 Å². The van der Waals surface area contributed by atoms with Crippen LogP contribution in [0.4, 0.5) is 72.1 Å². The highest BCUT2D eigenvalue weighted by atomic mass is 35.5. The maximum atomic E-state index is 13.2. The molecule has 12 rings (SSSR count). The van der Waals surface area contributed by atoms with Crippen LogP contribution in [0.1, 0.15) is 93.1 Å². The van der Waals surface area contributed by atoms with E-state index in [4.69, 9.17) is 34.8 Å². The van der Waals surface area contributed by atoms with E-state index >= 15 is 0 Å². The zero-order chi connectivity index (χ0) is 70.1. The molecule has 8 aromatic rings. The van der Waals surface area contributed by atoms with Gasteiger partial charge in [-0.25, -0.2) is 70.0 Å². The molecule has 0 unspecified atom stereocenters. The first-order chi connectivity index (χ1) is 45.8. The van der Waals surface area contributed by atoms with E-state index in [0.29, 0.717) is 80.6 Å². The molecule has 4 aromatic heterocycles. The first-order valence-electron chi connectivity index (χ1n) is 28.5. The number of carbonyl (C=O) groups is 4. The van der Waals surface area contributed by atoms with E-state index < -0.39 is 109 Å². The number of nitrogens with zero attached hydrogens (tertiary/aromatic N) is 4. The molecule has 4 aromatic carbocycles. The van der Waals surface area contributed by atoms with Crippen LogP contribution in [0, 0.1) is 34.9 Å². The van der Waals surface area contributed by atoms with Gasteiger partial charge in [0.25, 0.3) is 23.6 Å². The Morgan fingerprint density at radius 3 is 1.28 bits per heavy atom.